The number of nitrogen functional groups attached to an aromatic ring is 1. The predicted molar refractivity (Wildman–Crippen MR) is 79.6 cm³/mol. The molecule has 112 valence electrons. The number of sulfonamides is 1. The average Bonchev–Trinajstić information content (AvgIpc) is 2.43. The lowest BCUT2D eigenvalue weighted by Crippen LogP contribution is -2.14. The van der Waals surface area contributed by atoms with Gasteiger partial charge in [0.1, 0.15) is 11.6 Å². The number of hydrogen-bond donors (Lipinski definition) is 2. The molecule has 0 bridgehead atoms. The Morgan fingerprint density at radius 2 is 1.95 bits per heavy atom. The Morgan fingerprint density at radius 3 is 2.57 bits per heavy atom. The van der Waals surface area contributed by atoms with Crippen molar-refractivity contribution >= 4 is 33.0 Å². The molecule has 5 nitrogen and oxygen atoms in total. The molecule has 21 heavy (non-hydrogen) atoms. The maximum Gasteiger partial charge on any atom is 0.262 e. The van der Waals surface area contributed by atoms with Gasteiger partial charge in [-0.3, -0.25) is 4.72 Å². The molecule has 0 fully saturated rings. The third kappa shape index (κ3) is 3.37. The summed E-state index contributed by atoms with van der Waals surface area (Å²) in [6.45, 7) is 0. The van der Waals surface area contributed by atoms with E-state index in [1.165, 1.54) is 31.4 Å². The minimum Gasteiger partial charge on any atom is -0.494 e. The molecule has 0 heterocycles. The zero-order valence-corrected chi connectivity index (χ0v) is 12.5. The summed E-state index contributed by atoms with van der Waals surface area (Å²) < 4.78 is 44.9. The van der Waals surface area contributed by atoms with Crippen molar-refractivity contribution in [1.29, 1.82) is 0 Å². The predicted octanol–water partition coefficient (Wildman–Crippen LogP) is 2.87. The van der Waals surface area contributed by atoms with Crippen molar-refractivity contribution in [1.82, 2.24) is 0 Å². The highest BCUT2D eigenvalue weighted by atomic mass is 35.5. The van der Waals surface area contributed by atoms with E-state index >= 15 is 0 Å². The highest BCUT2D eigenvalue weighted by Gasteiger charge is 2.18. The third-order valence-corrected chi connectivity index (χ3v) is 4.38. The highest BCUT2D eigenvalue weighted by molar-refractivity contribution is 7.92. The maximum atomic E-state index is 13.1. The number of benzene rings is 2. The summed E-state index contributed by atoms with van der Waals surface area (Å²) in [6.07, 6.45) is 0. The van der Waals surface area contributed by atoms with Gasteiger partial charge >= 0.3 is 0 Å². The summed E-state index contributed by atoms with van der Waals surface area (Å²) in [7, 11) is -2.58. The lowest BCUT2D eigenvalue weighted by molar-refractivity contribution is 0.413. The molecular formula is C13H12ClFN2O3S. The fraction of sp³-hybridized carbons (Fsp3) is 0.0769. The topological polar surface area (TPSA) is 81.4 Å². The second-order valence-electron chi connectivity index (χ2n) is 4.13. The van der Waals surface area contributed by atoms with Crippen LogP contribution < -0.4 is 15.2 Å². The van der Waals surface area contributed by atoms with Crippen LogP contribution >= 0.6 is 11.6 Å². The van der Waals surface area contributed by atoms with Crippen LogP contribution in [0.1, 0.15) is 0 Å². The monoisotopic (exact) mass is 330 g/mol. The Bertz CT molecular complexity index is 781. The molecule has 0 spiro atoms. The number of nitrogens with two attached hydrogens (primary N) is 1. The lowest BCUT2D eigenvalue weighted by atomic mass is 10.3. The molecule has 0 saturated carbocycles. The van der Waals surface area contributed by atoms with Crippen LogP contribution in [0.15, 0.2) is 41.3 Å². The van der Waals surface area contributed by atoms with Crippen molar-refractivity contribution in [3.05, 3.63) is 47.2 Å². The number of methoxy groups -OCH3 is 1. The van der Waals surface area contributed by atoms with Crippen LogP contribution in [0.25, 0.3) is 0 Å². The van der Waals surface area contributed by atoms with Crippen molar-refractivity contribution in [3.8, 4) is 5.75 Å². The van der Waals surface area contributed by atoms with Gasteiger partial charge in [-0.05, 0) is 30.3 Å². The van der Waals surface area contributed by atoms with E-state index in [1.807, 2.05) is 0 Å². The van der Waals surface area contributed by atoms with E-state index < -0.39 is 15.8 Å². The van der Waals surface area contributed by atoms with Crippen molar-refractivity contribution < 1.29 is 17.5 Å². The molecule has 0 atom stereocenters. The smallest absolute Gasteiger partial charge is 0.262 e. The number of hydrogen-bond acceptors (Lipinski definition) is 4. The molecule has 0 radical (unpaired) electrons. The van der Waals surface area contributed by atoms with Crippen molar-refractivity contribution in [3.63, 3.8) is 0 Å². The van der Waals surface area contributed by atoms with Gasteiger partial charge < -0.3 is 10.5 Å². The number of nitrogens with one attached hydrogen (secondary N) is 1. The van der Waals surface area contributed by atoms with Gasteiger partial charge in [0.15, 0.2) is 0 Å². The van der Waals surface area contributed by atoms with E-state index in [9.17, 15) is 12.8 Å². The van der Waals surface area contributed by atoms with Crippen LogP contribution in [0.4, 0.5) is 15.8 Å². The van der Waals surface area contributed by atoms with E-state index in [0.29, 0.717) is 0 Å². The summed E-state index contributed by atoms with van der Waals surface area (Å²) >= 11 is 5.81. The second kappa shape index (κ2) is 5.79. The van der Waals surface area contributed by atoms with Gasteiger partial charge in [-0.25, -0.2) is 12.8 Å². The molecule has 2 aromatic carbocycles. The van der Waals surface area contributed by atoms with Crippen LogP contribution in [0, 0.1) is 5.82 Å². The minimum absolute atomic E-state index is 0.0620. The number of anilines is 2. The first-order chi connectivity index (χ1) is 9.83. The van der Waals surface area contributed by atoms with E-state index in [4.69, 9.17) is 22.1 Å². The molecule has 2 rings (SSSR count). The Kier molecular flexibility index (Phi) is 4.24. The van der Waals surface area contributed by atoms with Crippen LogP contribution in [0.3, 0.4) is 0 Å². The fourth-order valence-corrected chi connectivity index (χ4v) is 2.97. The van der Waals surface area contributed by atoms with Gasteiger partial charge in [0, 0.05) is 6.07 Å². The first kappa shape index (κ1) is 15.4. The Balaban J connectivity index is 2.39. The number of ether oxygens (including phenoxy) is 1. The van der Waals surface area contributed by atoms with E-state index in [2.05, 4.69) is 4.72 Å². The van der Waals surface area contributed by atoms with E-state index in [0.717, 1.165) is 12.1 Å². The molecule has 2 aromatic rings. The molecule has 0 amide bonds. The molecule has 0 aliphatic heterocycles. The zero-order valence-electron chi connectivity index (χ0n) is 10.9. The van der Waals surface area contributed by atoms with Gasteiger partial charge in [-0.15, -0.1) is 0 Å². The van der Waals surface area contributed by atoms with Crippen molar-refractivity contribution in [2.24, 2.45) is 0 Å². The first-order valence-corrected chi connectivity index (χ1v) is 7.61. The zero-order chi connectivity index (χ0) is 15.6. The molecular weight excluding hydrogens is 319 g/mol. The number of rotatable bonds is 4. The van der Waals surface area contributed by atoms with Crippen LogP contribution in [-0.2, 0) is 10.0 Å². The maximum absolute atomic E-state index is 13.1. The van der Waals surface area contributed by atoms with E-state index in [-0.39, 0.29) is 27.0 Å². The Hall–Kier alpha value is -1.99. The molecule has 0 aromatic heterocycles. The van der Waals surface area contributed by atoms with Crippen LogP contribution in [-0.4, -0.2) is 15.5 Å². The lowest BCUT2D eigenvalue weighted by Gasteiger charge is -2.12. The van der Waals surface area contributed by atoms with Gasteiger partial charge in [-0.1, -0.05) is 11.6 Å². The summed E-state index contributed by atoms with van der Waals surface area (Å²) in [5, 5.41) is 0.129. The highest BCUT2D eigenvalue weighted by Crippen LogP contribution is 2.29. The molecule has 8 heteroatoms. The quantitative estimate of drug-likeness (QED) is 0.845. The van der Waals surface area contributed by atoms with Crippen LogP contribution in [0.2, 0.25) is 5.02 Å². The SMILES string of the molecule is COc1cc(F)ccc1NS(=O)(=O)c1ccc(N)c(Cl)c1. The standard InChI is InChI=1S/C13H12ClFN2O3S/c1-20-13-6-8(15)2-5-12(13)17-21(18,19)9-3-4-11(16)10(14)7-9/h2-7,17H,16H2,1H3. The van der Waals surface area contributed by atoms with E-state index in [1.54, 1.807) is 0 Å². The normalized spacial score (nSPS) is 11.2. The number of halogens is 2. The average molecular weight is 331 g/mol. The van der Waals surface area contributed by atoms with Gasteiger partial charge in [0.2, 0.25) is 0 Å². The summed E-state index contributed by atoms with van der Waals surface area (Å²) in [6, 6.07) is 7.41. The second-order valence-corrected chi connectivity index (χ2v) is 6.22. The molecule has 3 N–H and O–H groups in total. The summed E-state index contributed by atoms with van der Waals surface area (Å²) in [4.78, 5) is -0.0620. The third-order valence-electron chi connectivity index (χ3n) is 2.69. The molecule has 0 saturated heterocycles. The van der Waals surface area contributed by atoms with Crippen molar-refractivity contribution in [2.45, 2.75) is 4.90 Å². The van der Waals surface area contributed by atoms with Crippen molar-refractivity contribution in [2.75, 3.05) is 17.6 Å². The first-order valence-electron chi connectivity index (χ1n) is 5.75. The Labute approximate surface area is 126 Å². The van der Waals surface area contributed by atoms with Gasteiger partial charge in [0.25, 0.3) is 10.0 Å². The Morgan fingerprint density at radius 1 is 1.24 bits per heavy atom. The minimum atomic E-state index is -3.89. The van der Waals surface area contributed by atoms with Crippen LogP contribution in [0.5, 0.6) is 5.75 Å². The largest absolute Gasteiger partial charge is 0.494 e. The summed E-state index contributed by atoms with van der Waals surface area (Å²) in [5.41, 5.74) is 5.93. The van der Waals surface area contributed by atoms with Gasteiger partial charge in [0.05, 0.1) is 28.4 Å². The molecule has 0 aliphatic carbocycles. The fourth-order valence-electron chi connectivity index (χ4n) is 1.63. The molecule has 0 aliphatic rings. The van der Waals surface area contributed by atoms with Gasteiger partial charge in [-0.2, -0.15) is 0 Å². The molecule has 0 unspecified atom stereocenters. The summed E-state index contributed by atoms with van der Waals surface area (Å²) in [5.74, 6) is -0.467.